The zero-order chi connectivity index (χ0) is 28.3. The summed E-state index contributed by atoms with van der Waals surface area (Å²) in [6.45, 7) is 2.36. The minimum absolute atomic E-state index is 0.00515. The molecule has 0 radical (unpaired) electrons. The van der Waals surface area contributed by atoms with Crippen molar-refractivity contribution in [1.29, 1.82) is 0 Å². The van der Waals surface area contributed by atoms with Gasteiger partial charge in [0.25, 0.3) is 0 Å². The number of carbonyl (C=O) groups excluding carboxylic acids is 3. The second-order valence-electron chi connectivity index (χ2n) is 9.73. The third kappa shape index (κ3) is 7.65. The Kier molecular flexibility index (Phi) is 10.2. The number of pyridine rings is 1. The number of hydrogen-bond donors (Lipinski definition) is 2. The number of ether oxygens (including phenoxy) is 1. The summed E-state index contributed by atoms with van der Waals surface area (Å²) in [5, 5.41) is 5.78. The molecule has 2 N–H and O–H groups in total. The number of hydrogen-bond acceptors (Lipinski definition) is 5. The molecule has 1 heterocycles. The van der Waals surface area contributed by atoms with Crippen molar-refractivity contribution in [3.63, 3.8) is 0 Å². The van der Waals surface area contributed by atoms with Crippen molar-refractivity contribution in [2.75, 3.05) is 16.8 Å². The van der Waals surface area contributed by atoms with Crippen LogP contribution in [0.2, 0.25) is 0 Å². The standard InChI is InChI=1S/C31H35FN4O4/c1-2-40-24-19-17-22(18-20-24)30(31(39)34-23-10-3-4-11-23)36(26-13-6-5-12-25(26)32)29(38)16-9-15-28(37)35-27-14-7-8-21-33-27/h5-8,12-14,17-21,23,30H,2-4,9-11,15-16H2,1H3,(H,34,39)(H,33,35,37). The molecule has 0 spiro atoms. The molecule has 2 aromatic carbocycles. The number of aromatic nitrogens is 1. The van der Waals surface area contributed by atoms with E-state index in [9.17, 15) is 14.4 Å². The summed E-state index contributed by atoms with van der Waals surface area (Å²) >= 11 is 0. The molecule has 1 saturated carbocycles. The maximum Gasteiger partial charge on any atom is 0.248 e. The molecule has 3 aromatic rings. The molecule has 1 fully saturated rings. The van der Waals surface area contributed by atoms with Crippen LogP contribution in [0, 0.1) is 5.82 Å². The Morgan fingerprint density at radius 1 is 1.00 bits per heavy atom. The molecular formula is C31H35FN4O4. The number of benzene rings is 2. The van der Waals surface area contributed by atoms with Crippen LogP contribution >= 0.6 is 0 Å². The second-order valence-corrected chi connectivity index (χ2v) is 9.73. The lowest BCUT2D eigenvalue weighted by Crippen LogP contribution is -2.46. The Balaban J connectivity index is 1.59. The minimum Gasteiger partial charge on any atom is -0.494 e. The van der Waals surface area contributed by atoms with Gasteiger partial charge < -0.3 is 15.4 Å². The molecule has 1 unspecified atom stereocenters. The van der Waals surface area contributed by atoms with E-state index in [1.807, 2.05) is 6.92 Å². The highest BCUT2D eigenvalue weighted by Crippen LogP contribution is 2.32. The van der Waals surface area contributed by atoms with Crippen LogP contribution in [0.1, 0.15) is 63.5 Å². The van der Waals surface area contributed by atoms with Crippen molar-refractivity contribution >= 4 is 29.2 Å². The van der Waals surface area contributed by atoms with Crippen LogP contribution in [-0.2, 0) is 14.4 Å². The summed E-state index contributed by atoms with van der Waals surface area (Å²) in [5.74, 6) is -0.689. The van der Waals surface area contributed by atoms with Gasteiger partial charge in [-0.25, -0.2) is 9.37 Å². The van der Waals surface area contributed by atoms with Crippen LogP contribution in [0.5, 0.6) is 5.75 Å². The zero-order valence-electron chi connectivity index (χ0n) is 22.6. The first-order chi connectivity index (χ1) is 19.5. The largest absolute Gasteiger partial charge is 0.494 e. The highest BCUT2D eigenvalue weighted by Gasteiger charge is 2.35. The Morgan fingerprint density at radius 3 is 2.40 bits per heavy atom. The molecule has 210 valence electrons. The topological polar surface area (TPSA) is 101 Å². The lowest BCUT2D eigenvalue weighted by atomic mass is 10.0. The maximum atomic E-state index is 15.2. The molecule has 1 aromatic heterocycles. The normalized spacial score (nSPS) is 13.8. The summed E-state index contributed by atoms with van der Waals surface area (Å²) < 4.78 is 20.7. The first kappa shape index (κ1) is 28.7. The van der Waals surface area contributed by atoms with Gasteiger partial charge >= 0.3 is 0 Å². The van der Waals surface area contributed by atoms with Crippen molar-refractivity contribution in [2.24, 2.45) is 0 Å². The molecule has 1 aliphatic rings. The van der Waals surface area contributed by atoms with Crippen molar-refractivity contribution in [2.45, 2.75) is 64.0 Å². The van der Waals surface area contributed by atoms with E-state index < -0.39 is 17.8 Å². The molecule has 1 atom stereocenters. The van der Waals surface area contributed by atoms with Crippen molar-refractivity contribution in [3.05, 3.63) is 84.3 Å². The van der Waals surface area contributed by atoms with Crippen LogP contribution < -0.4 is 20.3 Å². The fourth-order valence-corrected chi connectivity index (χ4v) is 4.91. The smallest absolute Gasteiger partial charge is 0.248 e. The van der Waals surface area contributed by atoms with Crippen LogP contribution in [0.25, 0.3) is 0 Å². The Labute approximate surface area is 233 Å². The van der Waals surface area contributed by atoms with Crippen molar-refractivity contribution in [3.8, 4) is 5.75 Å². The van der Waals surface area contributed by atoms with E-state index in [0.717, 1.165) is 25.7 Å². The van der Waals surface area contributed by atoms with Gasteiger partial charge in [0.05, 0.1) is 12.3 Å². The SMILES string of the molecule is CCOc1ccc(C(C(=O)NC2CCCC2)N(C(=O)CCCC(=O)Nc2ccccn2)c2ccccc2F)cc1. The number of nitrogens with one attached hydrogen (secondary N) is 2. The molecule has 0 aliphatic heterocycles. The molecule has 40 heavy (non-hydrogen) atoms. The highest BCUT2D eigenvalue weighted by atomic mass is 19.1. The molecule has 8 nitrogen and oxygen atoms in total. The van der Waals surface area contributed by atoms with Crippen LogP contribution in [0.4, 0.5) is 15.9 Å². The van der Waals surface area contributed by atoms with E-state index >= 15 is 4.39 Å². The number of halogens is 1. The van der Waals surface area contributed by atoms with Crippen molar-refractivity contribution in [1.82, 2.24) is 10.3 Å². The summed E-state index contributed by atoms with van der Waals surface area (Å²) in [6.07, 6.45) is 5.56. The number of amides is 3. The number of rotatable bonds is 12. The van der Waals surface area contributed by atoms with E-state index in [1.165, 1.54) is 23.1 Å². The van der Waals surface area contributed by atoms with Gasteiger partial charge in [0.1, 0.15) is 23.4 Å². The van der Waals surface area contributed by atoms with E-state index in [-0.39, 0.29) is 42.8 Å². The first-order valence-electron chi connectivity index (χ1n) is 13.8. The average Bonchev–Trinajstić information content (AvgIpc) is 3.46. The fourth-order valence-electron chi connectivity index (χ4n) is 4.91. The summed E-state index contributed by atoms with van der Waals surface area (Å²) in [6, 6.07) is 16.9. The van der Waals surface area contributed by atoms with E-state index in [0.29, 0.717) is 23.7 Å². The van der Waals surface area contributed by atoms with Crippen LogP contribution in [-0.4, -0.2) is 35.4 Å². The van der Waals surface area contributed by atoms with Gasteiger partial charge in [-0.15, -0.1) is 0 Å². The van der Waals surface area contributed by atoms with Gasteiger partial charge in [0.15, 0.2) is 0 Å². The Morgan fingerprint density at radius 2 is 1.73 bits per heavy atom. The van der Waals surface area contributed by atoms with Gasteiger partial charge in [0, 0.05) is 25.1 Å². The first-order valence-corrected chi connectivity index (χ1v) is 13.8. The monoisotopic (exact) mass is 546 g/mol. The van der Waals surface area contributed by atoms with E-state index in [1.54, 1.807) is 54.7 Å². The quantitative estimate of drug-likeness (QED) is 0.310. The minimum atomic E-state index is -1.11. The lowest BCUT2D eigenvalue weighted by Gasteiger charge is -2.32. The number of anilines is 2. The number of nitrogens with zero attached hydrogens (tertiary/aromatic N) is 2. The Hall–Kier alpha value is -4.27. The molecule has 1 aliphatic carbocycles. The average molecular weight is 547 g/mol. The summed E-state index contributed by atoms with van der Waals surface area (Å²) in [7, 11) is 0. The lowest BCUT2D eigenvalue weighted by molar-refractivity contribution is -0.127. The predicted molar refractivity (Wildman–Crippen MR) is 151 cm³/mol. The van der Waals surface area contributed by atoms with Gasteiger partial charge in [0.2, 0.25) is 17.7 Å². The Bertz CT molecular complexity index is 1280. The number of carbonyl (C=O) groups is 3. The summed E-state index contributed by atoms with van der Waals surface area (Å²) in [4.78, 5) is 45.3. The van der Waals surface area contributed by atoms with Gasteiger partial charge in [-0.2, -0.15) is 0 Å². The predicted octanol–water partition coefficient (Wildman–Crippen LogP) is 5.56. The maximum absolute atomic E-state index is 15.2. The molecule has 9 heteroatoms. The van der Waals surface area contributed by atoms with Gasteiger partial charge in [-0.05, 0) is 68.1 Å². The third-order valence-electron chi connectivity index (χ3n) is 6.82. The zero-order valence-corrected chi connectivity index (χ0v) is 22.6. The van der Waals surface area contributed by atoms with Gasteiger partial charge in [-0.3, -0.25) is 19.3 Å². The van der Waals surface area contributed by atoms with E-state index in [2.05, 4.69) is 15.6 Å². The third-order valence-corrected chi connectivity index (χ3v) is 6.82. The number of para-hydroxylation sites is 1. The molecule has 3 amide bonds. The molecular weight excluding hydrogens is 511 g/mol. The van der Waals surface area contributed by atoms with Gasteiger partial charge in [-0.1, -0.05) is 43.2 Å². The van der Waals surface area contributed by atoms with Crippen LogP contribution in [0.3, 0.4) is 0 Å². The molecule has 4 rings (SSSR count). The summed E-state index contributed by atoms with van der Waals surface area (Å²) in [5.41, 5.74) is 0.536. The highest BCUT2D eigenvalue weighted by molar-refractivity contribution is 6.01. The second kappa shape index (κ2) is 14.2. The van der Waals surface area contributed by atoms with Crippen molar-refractivity contribution < 1.29 is 23.5 Å². The van der Waals surface area contributed by atoms with E-state index in [4.69, 9.17) is 4.74 Å². The molecule has 0 bridgehead atoms. The molecule has 0 saturated heterocycles. The van der Waals surface area contributed by atoms with Crippen LogP contribution in [0.15, 0.2) is 72.9 Å². The fraction of sp³-hybridized carbons (Fsp3) is 0.355.